The number of nitrogens with one attached hydrogen (secondary N) is 1. The van der Waals surface area contributed by atoms with E-state index in [-0.39, 0.29) is 5.91 Å². The van der Waals surface area contributed by atoms with E-state index in [2.05, 4.69) is 58.5 Å². The van der Waals surface area contributed by atoms with Crippen LogP contribution in [0.4, 0.5) is 5.69 Å². The SMILES string of the molecule is CCN(CC)c1ccc(-c2nnc(SCC(=O)NC3CC3)n2C)cc1. The summed E-state index contributed by atoms with van der Waals surface area (Å²) in [6.45, 7) is 6.29. The van der Waals surface area contributed by atoms with E-state index in [1.165, 1.54) is 17.4 Å². The summed E-state index contributed by atoms with van der Waals surface area (Å²) in [6.07, 6.45) is 2.21. The molecular formula is C18H25N5OS. The van der Waals surface area contributed by atoms with E-state index in [0.717, 1.165) is 42.5 Å². The van der Waals surface area contributed by atoms with Gasteiger partial charge in [0.1, 0.15) is 0 Å². The Morgan fingerprint density at radius 1 is 1.24 bits per heavy atom. The van der Waals surface area contributed by atoms with Crippen molar-refractivity contribution < 1.29 is 4.79 Å². The monoisotopic (exact) mass is 359 g/mol. The molecule has 25 heavy (non-hydrogen) atoms. The lowest BCUT2D eigenvalue weighted by Crippen LogP contribution is -2.27. The smallest absolute Gasteiger partial charge is 0.230 e. The number of nitrogens with zero attached hydrogens (tertiary/aromatic N) is 4. The minimum absolute atomic E-state index is 0.0700. The van der Waals surface area contributed by atoms with Crippen LogP contribution in [0.25, 0.3) is 11.4 Å². The molecule has 0 bridgehead atoms. The third-order valence-corrected chi connectivity index (χ3v) is 5.38. The molecular weight excluding hydrogens is 334 g/mol. The van der Waals surface area contributed by atoms with E-state index in [0.29, 0.717) is 11.8 Å². The molecule has 0 atom stereocenters. The molecule has 7 heteroatoms. The van der Waals surface area contributed by atoms with Crippen molar-refractivity contribution in [1.29, 1.82) is 0 Å². The Kier molecular flexibility index (Phi) is 5.63. The van der Waals surface area contributed by atoms with E-state index in [9.17, 15) is 4.79 Å². The van der Waals surface area contributed by atoms with Gasteiger partial charge in [-0.1, -0.05) is 11.8 Å². The fourth-order valence-electron chi connectivity index (χ4n) is 2.73. The molecule has 1 saturated carbocycles. The number of amides is 1. The van der Waals surface area contributed by atoms with E-state index < -0.39 is 0 Å². The highest BCUT2D eigenvalue weighted by Gasteiger charge is 2.23. The Morgan fingerprint density at radius 2 is 1.92 bits per heavy atom. The topological polar surface area (TPSA) is 63.1 Å². The first-order valence-corrected chi connectivity index (χ1v) is 9.77. The van der Waals surface area contributed by atoms with Crippen molar-refractivity contribution in [3.8, 4) is 11.4 Å². The maximum atomic E-state index is 11.8. The van der Waals surface area contributed by atoms with Crippen molar-refractivity contribution in [2.45, 2.75) is 37.9 Å². The normalized spacial score (nSPS) is 13.7. The molecule has 1 aliphatic rings. The molecule has 134 valence electrons. The first-order valence-electron chi connectivity index (χ1n) is 8.79. The molecule has 1 aromatic carbocycles. The van der Waals surface area contributed by atoms with Gasteiger partial charge in [0.25, 0.3) is 0 Å². The number of hydrogen-bond acceptors (Lipinski definition) is 5. The van der Waals surface area contributed by atoms with Crippen LogP contribution in [0.1, 0.15) is 26.7 Å². The van der Waals surface area contributed by atoms with Gasteiger partial charge < -0.3 is 14.8 Å². The number of benzene rings is 1. The van der Waals surface area contributed by atoms with Crippen LogP contribution in [0, 0.1) is 0 Å². The van der Waals surface area contributed by atoms with Gasteiger partial charge >= 0.3 is 0 Å². The lowest BCUT2D eigenvalue weighted by atomic mass is 10.2. The molecule has 0 aliphatic heterocycles. The zero-order valence-corrected chi connectivity index (χ0v) is 15.8. The van der Waals surface area contributed by atoms with Crippen LogP contribution in [0.3, 0.4) is 0 Å². The minimum atomic E-state index is 0.0700. The highest BCUT2D eigenvalue weighted by molar-refractivity contribution is 7.99. The van der Waals surface area contributed by atoms with E-state index in [1.54, 1.807) is 0 Å². The van der Waals surface area contributed by atoms with Crippen LogP contribution in [0.15, 0.2) is 29.4 Å². The minimum Gasteiger partial charge on any atom is -0.372 e. The lowest BCUT2D eigenvalue weighted by Gasteiger charge is -2.21. The quantitative estimate of drug-likeness (QED) is 0.734. The highest BCUT2D eigenvalue weighted by atomic mass is 32.2. The second-order valence-corrected chi connectivity index (χ2v) is 7.16. The summed E-state index contributed by atoms with van der Waals surface area (Å²) in [5.74, 6) is 1.26. The third kappa shape index (κ3) is 4.34. The van der Waals surface area contributed by atoms with Crippen LogP contribution in [-0.2, 0) is 11.8 Å². The van der Waals surface area contributed by atoms with Crippen molar-refractivity contribution in [3.63, 3.8) is 0 Å². The first kappa shape index (κ1) is 17.8. The summed E-state index contributed by atoms with van der Waals surface area (Å²) in [4.78, 5) is 14.1. The third-order valence-electron chi connectivity index (χ3n) is 4.36. The Balaban J connectivity index is 1.66. The Labute approximate surface area is 153 Å². The largest absolute Gasteiger partial charge is 0.372 e. The van der Waals surface area contributed by atoms with Gasteiger partial charge in [-0.15, -0.1) is 10.2 Å². The summed E-state index contributed by atoms with van der Waals surface area (Å²) < 4.78 is 1.95. The molecule has 1 aliphatic carbocycles. The van der Waals surface area contributed by atoms with Gasteiger partial charge in [0.05, 0.1) is 5.75 Å². The van der Waals surface area contributed by atoms with Gasteiger partial charge in [0.2, 0.25) is 5.91 Å². The standard InChI is InChI=1S/C18H25N5OS/c1-4-23(5-2)15-10-6-13(7-11-15)17-20-21-18(22(17)3)25-12-16(24)19-14-8-9-14/h6-7,10-11,14H,4-5,8-9,12H2,1-3H3,(H,19,24). The summed E-state index contributed by atoms with van der Waals surface area (Å²) in [5.41, 5.74) is 2.24. The van der Waals surface area contributed by atoms with E-state index in [4.69, 9.17) is 0 Å². The number of hydrogen-bond donors (Lipinski definition) is 1. The van der Waals surface area contributed by atoms with Gasteiger partial charge in [-0.2, -0.15) is 0 Å². The number of anilines is 1. The molecule has 0 spiro atoms. The molecule has 3 rings (SSSR count). The summed E-state index contributed by atoms with van der Waals surface area (Å²) in [5, 5.41) is 12.3. The van der Waals surface area contributed by atoms with Crippen LogP contribution < -0.4 is 10.2 Å². The molecule has 1 N–H and O–H groups in total. The Bertz CT molecular complexity index is 720. The second-order valence-electron chi connectivity index (χ2n) is 6.21. The molecule has 6 nitrogen and oxygen atoms in total. The average molecular weight is 359 g/mol. The summed E-state index contributed by atoms with van der Waals surface area (Å²) >= 11 is 1.42. The predicted octanol–water partition coefficient (Wildman–Crippen LogP) is 2.70. The van der Waals surface area contributed by atoms with Crippen LogP contribution in [0.5, 0.6) is 0 Å². The number of carbonyl (C=O) groups is 1. The lowest BCUT2D eigenvalue weighted by molar-refractivity contribution is -0.118. The zero-order valence-electron chi connectivity index (χ0n) is 15.0. The Hall–Kier alpha value is -2.02. The van der Waals surface area contributed by atoms with Crippen LogP contribution in [-0.4, -0.2) is 45.6 Å². The molecule has 0 saturated heterocycles. The number of thioether (sulfide) groups is 1. The molecule has 1 aromatic heterocycles. The van der Waals surface area contributed by atoms with Crippen molar-refractivity contribution >= 4 is 23.4 Å². The molecule has 0 radical (unpaired) electrons. The summed E-state index contributed by atoms with van der Waals surface area (Å²) in [6, 6.07) is 8.78. The molecule has 1 amide bonds. The van der Waals surface area contributed by atoms with Crippen LogP contribution in [0.2, 0.25) is 0 Å². The number of rotatable bonds is 8. The maximum Gasteiger partial charge on any atom is 0.230 e. The zero-order chi connectivity index (χ0) is 17.8. The first-order chi connectivity index (χ1) is 12.1. The van der Waals surface area contributed by atoms with E-state index >= 15 is 0 Å². The van der Waals surface area contributed by atoms with Gasteiger partial charge in [-0.25, -0.2) is 0 Å². The Morgan fingerprint density at radius 3 is 2.52 bits per heavy atom. The van der Waals surface area contributed by atoms with Crippen molar-refractivity contribution in [2.24, 2.45) is 7.05 Å². The number of aromatic nitrogens is 3. The van der Waals surface area contributed by atoms with Gasteiger partial charge in [0.15, 0.2) is 11.0 Å². The van der Waals surface area contributed by atoms with Gasteiger partial charge in [-0.05, 0) is 51.0 Å². The van der Waals surface area contributed by atoms with Crippen molar-refractivity contribution in [3.05, 3.63) is 24.3 Å². The van der Waals surface area contributed by atoms with Gasteiger partial charge in [0, 0.05) is 37.4 Å². The van der Waals surface area contributed by atoms with Crippen molar-refractivity contribution in [1.82, 2.24) is 20.1 Å². The molecule has 2 aromatic rings. The van der Waals surface area contributed by atoms with E-state index in [1.807, 2.05) is 11.6 Å². The average Bonchev–Trinajstić information content (AvgIpc) is 3.36. The summed E-state index contributed by atoms with van der Waals surface area (Å²) in [7, 11) is 1.94. The van der Waals surface area contributed by atoms with Gasteiger partial charge in [-0.3, -0.25) is 4.79 Å². The maximum absolute atomic E-state index is 11.8. The fourth-order valence-corrected chi connectivity index (χ4v) is 3.45. The molecule has 1 fully saturated rings. The number of carbonyl (C=O) groups excluding carboxylic acids is 1. The highest BCUT2D eigenvalue weighted by Crippen LogP contribution is 2.25. The fraction of sp³-hybridized carbons (Fsp3) is 0.500. The predicted molar refractivity (Wildman–Crippen MR) is 102 cm³/mol. The molecule has 0 unspecified atom stereocenters. The van der Waals surface area contributed by atoms with Crippen LogP contribution >= 0.6 is 11.8 Å². The molecule has 1 heterocycles. The van der Waals surface area contributed by atoms with Crippen molar-refractivity contribution in [2.75, 3.05) is 23.7 Å². The second kappa shape index (κ2) is 7.91.